The van der Waals surface area contributed by atoms with Crippen molar-refractivity contribution in [2.24, 2.45) is 0 Å². The third kappa shape index (κ3) is 7.33. The third-order valence-corrected chi connectivity index (χ3v) is 5.28. The Morgan fingerprint density at radius 1 is 0.941 bits per heavy atom. The maximum Gasteiger partial charge on any atom is 0.408 e. The number of carbonyl (C=O) groups excluding carboxylic acids is 3. The summed E-state index contributed by atoms with van der Waals surface area (Å²) in [6, 6.07) is 12.1. The molecular weight excluding hydrogens is 430 g/mol. The highest BCUT2D eigenvalue weighted by molar-refractivity contribution is 5.99. The van der Waals surface area contributed by atoms with Crippen LogP contribution in [0.25, 0.3) is 0 Å². The lowest BCUT2D eigenvalue weighted by Gasteiger charge is -2.35. The van der Waals surface area contributed by atoms with Crippen LogP contribution in [-0.2, 0) is 14.3 Å². The van der Waals surface area contributed by atoms with Crippen molar-refractivity contribution in [2.75, 3.05) is 11.9 Å². The van der Waals surface area contributed by atoms with Crippen LogP contribution >= 0.6 is 0 Å². The van der Waals surface area contributed by atoms with E-state index in [-0.39, 0.29) is 24.4 Å². The summed E-state index contributed by atoms with van der Waals surface area (Å²) in [5, 5.41) is 5.55. The van der Waals surface area contributed by atoms with Crippen molar-refractivity contribution in [2.45, 2.75) is 73.1 Å². The fourth-order valence-electron chi connectivity index (χ4n) is 3.67. The van der Waals surface area contributed by atoms with Gasteiger partial charge in [-0.1, -0.05) is 48.0 Å². The molecule has 0 aliphatic carbocycles. The van der Waals surface area contributed by atoms with E-state index in [1.807, 2.05) is 77.1 Å². The zero-order chi connectivity index (χ0) is 25.6. The Kier molecular flexibility index (Phi) is 8.85. The molecule has 0 aliphatic heterocycles. The smallest absolute Gasteiger partial charge is 0.408 e. The van der Waals surface area contributed by atoms with Gasteiger partial charge in [0.05, 0.1) is 0 Å². The van der Waals surface area contributed by atoms with E-state index in [0.717, 1.165) is 22.4 Å². The summed E-state index contributed by atoms with van der Waals surface area (Å²) in [4.78, 5) is 40.6. The molecule has 2 aromatic rings. The number of aryl methyl sites for hydroxylation is 3. The van der Waals surface area contributed by atoms with Gasteiger partial charge in [-0.3, -0.25) is 9.59 Å². The van der Waals surface area contributed by atoms with Crippen molar-refractivity contribution >= 4 is 23.6 Å². The molecule has 0 saturated carbocycles. The number of hydrogen-bond donors (Lipinski definition) is 2. The van der Waals surface area contributed by atoms with Gasteiger partial charge < -0.3 is 20.3 Å². The maximum atomic E-state index is 13.7. The molecule has 7 nitrogen and oxygen atoms in total. The second-order valence-corrected chi connectivity index (χ2v) is 9.82. The van der Waals surface area contributed by atoms with Gasteiger partial charge in [-0.15, -0.1) is 0 Å². The van der Waals surface area contributed by atoms with Crippen LogP contribution in [0.4, 0.5) is 10.5 Å². The molecule has 7 heteroatoms. The van der Waals surface area contributed by atoms with Crippen LogP contribution in [0, 0.1) is 20.8 Å². The van der Waals surface area contributed by atoms with E-state index in [1.165, 1.54) is 4.90 Å². The Morgan fingerprint density at radius 3 is 2.00 bits per heavy atom. The van der Waals surface area contributed by atoms with E-state index in [2.05, 4.69) is 10.6 Å². The molecule has 0 heterocycles. The minimum absolute atomic E-state index is 0.286. The number of ether oxygens (including phenoxy) is 1. The third-order valence-electron chi connectivity index (χ3n) is 5.28. The van der Waals surface area contributed by atoms with Gasteiger partial charge in [-0.05, 0) is 72.1 Å². The first kappa shape index (κ1) is 26.9. The molecule has 1 unspecified atom stereocenters. The normalized spacial score (nSPS) is 12.1. The molecule has 2 rings (SSSR count). The van der Waals surface area contributed by atoms with Gasteiger partial charge in [0, 0.05) is 11.7 Å². The van der Waals surface area contributed by atoms with E-state index in [1.54, 1.807) is 20.8 Å². The van der Waals surface area contributed by atoms with Crippen molar-refractivity contribution in [3.05, 3.63) is 64.7 Å². The van der Waals surface area contributed by atoms with Gasteiger partial charge in [-0.25, -0.2) is 4.79 Å². The molecule has 34 heavy (non-hydrogen) atoms. The first-order chi connectivity index (χ1) is 15.8. The lowest BCUT2D eigenvalue weighted by Crippen LogP contribution is -2.49. The Labute approximate surface area is 202 Å². The molecule has 0 fully saturated rings. The van der Waals surface area contributed by atoms with E-state index < -0.39 is 17.7 Å². The molecular formula is C27H37N3O4. The SMILES string of the molecule is Cc1ccc(C(C(=O)Nc2c(C)cccc2C)N(C(=O)CNC(=O)OC(C)(C)C)C(C)C)cc1. The molecule has 0 bridgehead atoms. The van der Waals surface area contributed by atoms with Crippen LogP contribution in [0.3, 0.4) is 0 Å². The lowest BCUT2D eigenvalue weighted by atomic mass is 10.00. The Morgan fingerprint density at radius 2 is 1.50 bits per heavy atom. The number of para-hydroxylation sites is 1. The Hall–Kier alpha value is -3.35. The summed E-state index contributed by atoms with van der Waals surface area (Å²) >= 11 is 0. The van der Waals surface area contributed by atoms with Gasteiger partial charge in [0.1, 0.15) is 18.2 Å². The molecule has 184 valence electrons. The number of benzene rings is 2. The average molecular weight is 468 g/mol. The summed E-state index contributed by atoms with van der Waals surface area (Å²) in [6.07, 6.45) is -0.684. The van der Waals surface area contributed by atoms with Crippen molar-refractivity contribution < 1.29 is 19.1 Å². The highest BCUT2D eigenvalue weighted by Crippen LogP contribution is 2.28. The predicted octanol–water partition coefficient (Wildman–Crippen LogP) is 5.05. The van der Waals surface area contributed by atoms with E-state index in [9.17, 15) is 14.4 Å². The Balaban J connectivity index is 2.38. The summed E-state index contributed by atoms with van der Waals surface area (Å²) in [5.74, 6) is -0.705. The highest BCUT2D eigenvalue weighted by atomic mass is 16.6. The Bertz CT molecular complexity index is 1000. The molecule has 0 spiro atoms. The number of carbonyl (C=O) groups is 3. The van der Waals surface area contributed by atoms with E-state index >= 15 is 0 Å². The first-order valence-electron chi connectivity index (χ1n) is 11.5. The largest absolute Gasteiger partial charge is 0.444 e. The van der Waals surface area contributed by atoms with Crippen LogP contribution in [0.5, 0.6) is 0 Å². The molecule has 1 atom stereocenters. The molecule has 2 aromatic carbocycles. The van der Waals surface area contributed by atoms with E-state index in [4.69, 9.17) is 4.74 Å². The molecule has 0 aromatic heterocycles. The van der Waals surface area contributed by atoms with Crippen molar-refractivity contribution in [3.8, 4) is 0 Å². The lowest BCUT2D eigenvalue weighted by molar-refractivity contribution is -0.140. The number of alkyl carbamates (subject to hydrolysis) is 1. The molecule has 3 amide bonds. The van der Waals surface area contributed by atoms with Crippen LogP contribution in [0.2, 0.25) is 0 Å². The topological polar surface area (TPSA) is 87.7 Å². The second kappa shape index (κ2) is 11.2. The summed E-state index contributed by atoms with van der Waals surface area (Å²) < 4.78 is 5.24. The quantitative estimate of drug-likeness (QED) is 0.596. The first-order valence-corrected chi connectivity index (χ1v) is 11.5. The molecule has 0 saturated heterocycles. The predicted molar refractivity (Wildman–Crippen MR) is 135 cm³/mol. The number of nitrogens with one attached hydrogen (secondary N) is 2. The zero-order valence-electron chi connectivity index (χ0n) is 21.5. The van der Waals surface area contributed by atoms with Crippen LogP contribution in [0.15, 0.2) is 42.5 Å². The van der Waals surface area contributed by atoms with Crippen molar-refractivity contribution in [1.82, 2.24) is 10.2 Å². The summed E-state index contributed by atoms with van der Waals surface area (Å²) in [7, 11) is 0. The number of hydrogen-bond acceptors (Lipinski definition) is 4. The summed E-state index contributed by atoms with van der Waals surface area (Å²) in [6.45, 7) is 14.5. The zero-order valence-corrected chi connectivity index (χ0v) is 21.5. The van der Waals surface area contributed by atoms with Gasteiger partial charge in [0.15, 0.2) is 0 Å². The monoisotopic (exact) mass is 467 g/mol. The number of anilines is 1. The fourth-order valence-corrected chi connectivity index (χ4v) is 3.67. The number of rotatable bonds is 7. The van der Waals surface area contributed by atoms with E-state index in [0.29, 0.717) is 5.56 Å². The van der Waals surface area contributed by atoms with Gasteiger partial charge >= 0.3 is 6.09 Å². The van der Waals surface area contributed by atoms with Crippen molar-refractivity contribution in [3.63, 3.8) is 0 Å². The van der Waals surface area contributed by atoms with Crippen LogP contribution < -0.4 is 10.6 Å². The standard InChI is InChI=1S/C27H37N3O4/c1-17(2)30(22(31)16-28-26(33)34-27(6,7)8)24(21-14-12-18(3)13-15-21)25(32)29-23-19(4)10-9-11-20(23)5/h9-15,17,24H,16H2,1-8H3,(H,28,33)(H,29,32). The van der Waals surface area contributed by atoms with Gasteiger partial charge in [0.25, 0.3) is 5.91 Å². The molecule has 2 N–H and O–H groups in total. The maximum absolute atomic E-state index is 13.7. The highest BCUT2D eigenvalue weighted by Gasteiger charge is 2.34. The minimum Gasteiger partial charge on any atom is -0.444 e. The average Bonchev–Trinajstić information content (AvgIpc) is 2.72. The molecule has 0 aliphatic rings. The summed E-state index contributed by atoms with van der Waals surface area (Å²) in [5.41, 5.74) is 3.66. The second-order valence-electron chi connectivity index (χ2n) is 9.82. The van der Waals surface area contributed by atoms with Crippen molar-refractivity contribution in [1.29, 1.82) is 0 Å². The molecule has 0 radical (unpaired) electrons. The number of nitrogens with zero attached hydrogens (tertiary/aromatic N) is 1. The van der Waals surface area contributed by atoms with Crippen LogP contribution in [0.1, 0.15) is 62.9 Å². The van der Waals surface area contributed by atoms with Gasteiger partial charge in [-0.2, -0.15) is 0 Å². The van der Waals surface area contributed by atoms with Crippen LogP contribution in [-0.4, -0.2) is 41.0 Å². The fraction of sp³-hybridized carbons (Fsp3) is 0.444. The minimum atomic E-state index is -0.882. The van der Waals surface area contributed by atoms with Gasteiger partial charge in [0.2, 0.25) is 5.91 Å². The number of amides is 3.